The first kappa shape index (κ1) is 20.7. The summed E-state index contributed by atoms with van der Waals surface area (Å²) in [5.41, 5.74) is -0.0643. The van der Waals surface area contributed by atoms with E-state index < -0.39 is 11.6 Å². The third-order valence-corrected chi connectivity index (χ3v) is 5.79. The van der Waals surface area contributed by atoms with Crippen LogP contribution in [-0.2, 0) is 9.59 Å². The maximum Gasteiger partial charge on any atom is 0.271 e. The maximum atomic E-state index is 13.8. The highest BCUT2D eigenvalue weighted by Crippen LogP contribution is 2.45. The molecule has 2 aromatic rings. The Hall–Kier alpha value is -3.55. The number of fused-ring (bicyclic) bond motifs is 3. The Morgan fingerprint density at radius 3 is 2.42 bits per heavy atom. The molecule has 0 bridgehead atoms. The monoisotopic (exact) mass is 423 g/mol. The summed E-state index contributed by atoms with van der Waals surface area (Å²) in [7, 11) is 3.05. The molecule has 1 atom stereocenters. The van der Waals surface area contributed by atoms with Crippen molar-refractivity contribution in [3.8, 4) is 11.5 Å². The molecule has 8 nitrogen and oxygen atoms in total. The lowest BCUT2D eigenvalue weighted by Crippen LogP contribution is -2.69. The molecule has 162 valence electrons. The van der Waals surface area contributed by atoms with Gasteiger partial charge in [0, 0.05) is 43.3 Å². The number of rotatable bonds is 6. The summed E-state index contributed by atoms with van der Waals surface area (Å²) < 4.78 is 10.6. The first-order chi connectivity index (χ1) is 15.0. The molecule has 0 unspecified atom stereocenters. The largest absolute Gasteiger partial charge is 0.497 e. The highest BCUT2D eigenvalue weighted by atomic mass is 16.5. The highest BCUT2D eigenvalue weighted by molar-refractivity contribution is 6.18. The molecular formula is C23H25N3O5. The van der Waals surface area contributed by atoms with Crippen LogP contribution in [-0.4, -0.2) is 49.0 Å². The van der Waals surface area contributed by atoms with Crippen LogP contribution in [0.2, 0.25) is 0 Å². The van der Waals surface area contributed by atoms with E-state index in [9.17, 15) is 14.4 Å². The molecule has 3 amide bonds. The summed E-state index contributed by atoms with van der Waals surface area (Å²) >= 11 is 0. The van der Waals surface area contributed by atoms with Gasteiger partial charge >= 0.3 is 0 Å². The van der Waals surface area contributed by atoms with Gasteiger partial charge in [0.2, 0.25) is 11.6 Å². The smallest absolute Gasteiger partial charge is 0.271 e. The van der Waals surface area contributed by atoms with Crippen molar-refractivity contribution in [3.05, 3.63) is 48.0 Å². The summed E-state index contributed by atoms with van der Waals surface area (Å²) in [6, 6.07) is 12.0. The van der Waals surface area contributed by atoms with Gasteiger partial charge in [-0.2, -0.15) is 0 Å². The van der Waals surface area contributed by atoms with Gasteiger partial charge in [-0.15, -0.1) is 0 Å². The van der Waals surface area contributed by atoms with Gasteiger partial charge in [-0.1, -0.05) is 19.1 Å². The maximum absolute atomic E-state index is 13.8. The SMILES string of the molecule is CCCN1C(=O)c2ccccc2N2C(=O)CC[C@@]12C(=O)Nc1cc(OC)cc(OC)c1. The molecular weight excluding hydrogens is 398 g/mol. The van der Waals surface area contributed by atoms with Gasteiger partial charge in [0.1, 0.15) is 11.5 Å². The fourth-order valence-corrected chi connectivity index (χ4v) is 4.42. The second-order valence-electron chi connectivity index (χ2n) is 7.58. The molecule has 1 N–H and O–H groups in total. The Morgan fingerprint density at radius 1 is 1.10 bits per heavy atom. The normalized spacial score (nSPS) is 19.7. The van der Waals surface area contributed by atoms with Crippen molar-refractivity contribution < 1.29 is 23.9 Å². The van der Waals surface area contributed by atoms with E-state index in [1.54, 1.807) is 42.5 Å². The Morgan fingerprint density at radius 2 is 1.77 bits per heavy atom. The van der Waals surface area contributed by atoms with Gasteiger partial charge < -0.3 is 19.7 Å². The van der Waals surface area contributed by atoms with E-state index in [4.69, 9.17) is 9.47 Å². The highest BCUT2D eigenvalue weighted by Gasteiger charge is 2.60. The number of nitrogens with one attached hydrogen (secondary N) is 1. The molecule has 0 aliphatic carbocycles. The topological polar surface area (TPSA) is 88.2 Å². The number of ether oxygens (including phenoxy) is 2. The Labute approximate surface area is 180 Å². The molecule has 2 heterocycles. The van der Waals surface area contributed by atoms with Crippen LogP contribution >= 0.6 is 0 Å². The molecule has 1 fully saturated rings. The predicted octanol–water partition coefficient (Wildman–Crippen LogP) is 3.03. The van der Waals surface area contributed by atoms with E-state index in [-0.39, 0.29) is 24.7 Å². The number of carbonyl (C=O) groups excluding carboxylic acids is 3. The predicted molar refractivity (Wildman–Crippen MR) is 115 cm³/mol. The third-order valence-electron chi connectivity index (χ3n) is 5.79. The van der Waals surface area contributed by atoms with Crippen molar-refractivity contribution >= 4 is 29.1 Å². The minimum Gasteiger partial charge on any atom is -0.497 e. The number of amides is 3. The molecule has 1 saturated heterocycles. The summed E-state index contributed by atoms with van der Waals surface area (Å²) in [6.07, 6.45) is 1.05. The first-order valence-electron chi connectivity index (χ1n) is 10.2. The van der Waals surface area contributed by atoms with Crippen molar-refractivity contribution in [2.75, 3.05) is 31.0 Å². The molecule has 0 saturated carbocycles. The van der Waals surface area contributed by atoms with Crippen LogP contribution in [0.25, 0.3) is 0 Å². The average Bonchev–Trinajstić information content (AvgIpc) is 3.14. The number of carbonyl (C=O) groups is 3. The van der Waals surface area contributed by atoms with Crippen molar-refractivity contribution in [2.24, 2.45) is 0 Å². The summed E-state index contributed by atoms with van der Waals surface area (Å²) in [5, 5.41) is 2.90. The van der Waals surface area contributed by atoms with Crippen LogP contribution in [0, 0.1) is 0 Å². The van der Waals surface area contributed by atoms with Crippen LogP contribution < -0.4 is 19.7 Å². The number of hydrogen-bond acceptors (Lipinski definition) is 5. The van der Waals surface area contributed by atoms with Crippen molar-refractivity contribution in [3.63, 3.8) is 0 Å². The zero-order chi connectivity index (χ0) is 22.2. The zero-order valence-corrected chi connectivity index (χ0v) is 17.8. The Bertz CT molecular complexity index is 1030. The van der Waals surface area contributed by atoms with E-state index in [2.05, 4.69) is 5.32 Å². The molecule has 4 rings (SSSR count). The van der Waals surface area contributed by atoms with Crippen LogP contribution in [0.15, 0.2) is 42.5 Å². The first-order valence-corrected chi connectivity index (χ1v) is 10.2. The van der Waals surface area contributed by atoms with Crippen LogP contribution in [0.5, 0.6) is 11.5 Å². The van der Waals surface area contributed by atoms with Gasteiger partial charge in [0.05, 0.1) is 25.5 Å². The molecule has 2 aliphatic rings. The van der Waals surface area contributed by atoms with Crippen molar-refractivity contribution in [1.29, 1.82) is 0 Å². The fraction of sp³-hybridized carbons (Fsp3) is 0.348. The average molecular weight is 423 g/mol. The lowest BCUT2D eigenvalue weighted by atomic mass is 9.95. The van der Waals surface area contributed by atoms with Crippen LogP contribution in [0.4, 0.5) is 11.4 Å². The van der Waals surface area contributed by atoms with E-state index in [0.29, 0.717) is 41.4 Å². The molecule has 0 radical (unpaired) electrons. The lowest BCUT2D eigenvalue weighted by Gasteiger charge is -2.49. The minimum atomic E-state index is -1.42. The number of methoxy groups -OCH3 is 2. The van der Waals surface area contributed by atoms with Gasteiger partial charge in [0.15, 0.2) is 0 Å². The second-order valence-corrected chi connectivity index (χ2v) is 7.58. The van der Waals surface area contributed by atoms with E-state index >= 15 is 0 Å². The number of anilines is 2. The summed E-state index contributed by atoms with van der Waals surface area (Å²) in [6.45, 7) is 2.29. The molecule has 2 aliphatic heterocycles. The van der Waals surface area contributed by atoms with E-state index in [1.807, 2.05) is 6.92 Å². The Balaban J connectivity index is 1.81. The minimum absolute atomic E-state index is 0.177. The number of nitrogens with zero attached hydrogens (tertiary/aromatic N) is 2. The fourth-order valence-electron chi connectivity index (χ4n) is 4.42. The zero-order valence-electron chi connectivity index (χ0n) is 17.8. The van der Waals surface area contributed by atoms with Crippen molar-refractivity contribution in [1.82, 2.24) is 4.90 Å². The van der Waals surface area contributed by atoms with Gasteiger partial charge in [-0.3, -0.25) is 19.3 Å². The van der Waals surface area contributed by atoms with Gasteiger partial charge in [-0.05, 0) is 18.6 Å². The van der Waals surface area contributed by atoms with E-state index in [0.717, 1.165) is 0 Å². The van der Waals surface area contributed by atoms with Gasteiger partial charge in [-0.25, -0.2) is 0 Å². The Kier molecular flexibility index (Phi) is 5.31. The van der Waals surface area contributed by atoms with Gasteiger partial charge in [0.25, 0.3) is 11.8 Å². The lowest BCUT2D eigenvalue weighted by molar-refractivity contribution is -0.128. The summed E-state index contributed by atoms with van der Waals surface area (Å²) in [4.78, 5) is 43.1. The number of hydrogen-bond donors (Lipinski definition) is 1. The van der Waals surface area contributed by atoms with Crippen molar-refractivity contribution in [2.45, 2.75) is 31.8 Å². The third kappa shape index (κ3) is 3.19. The van der Waals surface area contributed by atoms with Crippen LogP contribution in [0.1, 0.15) is 36.5 Å². The molecule has 2 aromatic carbocycles. The molecule has 31 heavy (non-hydrogen) atoms. The standard InChI is InChI=1S/C23H25N3O5/c1-4-11-25-21(28)18-7-5-6-8-19(18)26-20(27)9-10-23(25,26)22(29)24-15-12-16(30-2)14-17(13-15)31-3/h5-8,12-14H,4,9-11H2,1-3H3,(H,24,29)/t23-/m1/s1. The van der Waals surface area contributed by atoms with E-state index in [1.165, 1.54) is 24.0 Å². The molecule has 0 aromatic heterocycles. The molecule has 8 heteroatoms. The number of benzene rings is 2. The second kappa shape index (κ2) is 7.94. The summed E-state index contributed by atoms with van der Waals surface area (Å²) in [5.74, 6) is 0.162. The van der Waals surface area contributed by atoms with Crippen LogP contribution in [0.3, 0.4) is 0 Å². The number of para-hydroxylation sites is 1. The molecule has 0 spiro atoms. The quantitative estimate of drug-likeness (QED) is 0.772.